The van der Waals surface area contributed by atoms with E-state index in [0.717, 1.165) is 22.9 Å². The molecule has 0 saturated heterocycles. The fourth-order valence-corrected chi connectivity index (χ4v) is 2.44. The lowest BCUT2D eigenvalue weighted by Crippen LogP contribution is -2.23. The molecule has 1 heterocycles. The molecule has 1 aromatic rings. The molecule has 0 spiro atoms. The molecule has 14 heavy (non-hydrogen) atoms. The third kappa shape index (κ3) is 1.58. The minimum absolute atomic E-state index is 0.145. The van der Waals surface area contributed by atoms with Crippen molar-refractivity contribution < 1.29 is 5.11 Å². The molecule has 1 aromatic heterocycles. The summed E-state index contributed by atoms with van der Waals surface area (Å²) in [6.07, 6.45) is 3.28. The summed E-state index contributed by atoms with van der Waals surface area (Å²) in [6, 6.07) is 1.95. The smallest absolute Gasteiger partial charge is 0.132 e. The van der Waals surface area contributed by atoms with Crippen LogP contribution < -0.4 is 0 Å². The predicted molar refractivity (Wildman–Crippen MR) is 59.5 cm³/mol. The highest BCUT2D eigenvalue weighted by atomic mass is 79.9. The Balaban J connectivity index is 2.46. The number of halogens is 2. The molecule has 76 valence electrons. The van der Waals surface area contributed by atoms with Crippen molar-refractivity contribution in [3.8, 4) is 0 Å². The van der Waals surface area contributed by atoms with Crippen molar-refractivity contribution in [1.82, 2.24) is 4.98 Å². The van der Waals surface area contributed by atoms with Crippen LogP contribution in [0.15, 0.2) is 16.7 Å². The number of rotatable bonds is 2. The van der Waals surface area contributed by atoms with Gasteiger partial charge in [0, 0.05) is 16.1 Å². The SMILES string of the molecule is CC(O)C1(c2cc(Br)cnc2Cl)CC1. The summed E-state index contributed by atoms with van der Waals surface area (Å²) in [5.41, 5.74) is 0.817. The van der Waals surface area contributed by atoms with Gasteiger partial charge in [-0.15, -0.1) is 0 Å². The van der Waals surface area contributed by atoms with Gasteiger partial charge in [-0.2, -0.15) is 0 Å². The van der Waals surface area contributed by atoms with Gasteiger partial charge in [0.1, 0.15) is 5.15 Å². The van der Waals surface area contributed by atoms with Crippen LogP contribution in [0.3, 0.4) is 0 Å². The number of aliphatic hydroxyl groups excluding tert-OH is 1. The maximum Gasteiger partial charge on any atom is 0.132 e. The highest BCUT2D eigenvalue weighted by Crippen LogP contribution is 2.52. The van der Waals surface area contributed by atoms with E-state index in [4.69, 9.17) is 11.6 Å². The van der Waals surface area contributed by atoms with E-state index in [-0.39, 0.29) is 11.5 Å². The molecule has 0 amide bonds. The van der Waals surface area contributed by atoms with Crippen molar-refractivity contribution >= 4 is 27.5 Å². The van der Waals surface area contributed by atoms with Crippen LogP contribution in [0.25, 0.3) is 0 Å². The van der Waals surface area contributed by atoms with Crippen molar-refractivity contribution in [2.45, 2.75) is 31.3 Å². The molecule has 1 fully saturated rings. The first-order valence-corrected chi connectivity index (χ1v) is 5.73. The molecular formula is C10H11BrClNO. The summed E-state index contributed by atoms with van der Waals surface area (Å²) >= 11 is 9.38. The minimum atomic E-state index is -0.365. The lowest BCUT2D eigenvalue weighted by Gasteiger charge is -2.19. The molecule has 0 aliphatic heterocycles. The largest absolute Gasteiger partial charge is 0.392 e. The highest BCUT2D eigenvalue weighted by molar-refractivity contribution is 9.10. The van der Waals surface area contributed by atoms with Crippen molar-refractivity contribution in [1.29, 1.82) is 0 Å². The Morgan fingerprint density at radius 1 is 1.64 bits per heavy atom. The van der Waals surface area contributed by atoms with Gasteiger partial charge < -0.3 is 5.11 Å². The standard InChI is InChI=1S/C10H11BrClNO/c1-6(14)10(2-3-10)8-4-7(11)5-13-9(8)12/h4-6,14H,2-3H2,1H3. The van der Waals surface area contributed by atoms with E-state index in [1.54, 1.807) is 6.20 Å². The normalized spacial score (nSPS) is 20.6. The van der Waals surface area contributed by atoms with Gasteiger partial charge in [-0.25, -0.2) is 4.98 Å². The van der Waals surface area contributed by atoms with Crippen molar-refractivity contribution in [3.63, 3.8) is 0 Å². The fraction of sp³-hybridized carbons (Fsp3) is 0.500. The summed E-state index contributed by atoms with van der Waals surface area (Å²) in [4.78, 5) is 4.07. The molecule has 2 rings (SSSR count). The number of pyridine rings is 1. The third-order valence-corrected chi connectivity index (χ3v) is 3.67. The highest BCUT2D eigenvalue weighted by Gasteiger charge is 2.49. The summed E-state index contributed by atoms with van der Waals surface area (Å²) in [5, 5.41) is 10.2. The molecule has 1 aliphatic rings. The molecule has 0 radical (unpaired) electrons. The number of aromatic nitrogens is 1. The summed E-state index contributed by atoms with van der Waals surface area (Å²) < 4.78 is 0.906. The van der Waals surface area contributed by atoms with Gasteiger partial charge in [-0.1, -0.05) is 11.6 Å². The molecule has 1 N–H and O–H groups in total. The molecule has 1 aliphatic carbocycles. The van der Waals surface area contributed by atoms with E-state index in [0.29, 0.717) is 5.15 Å². The first kappa shape index (κ1) is 10.4. The van der Waals surface area contributed by atoms with Crippen LogP contribution in [0.1, 0.15) is 25.3 Å². The zero-order chi connectivity index (χ0) is 10.3. The lowest BCUT2D eigenvalue weighted by atomic mass is 9.92. The average molecular weight is 277 g/mol. The van der Waals surface area contributed by atoms with Gasteiger partial charge in [0.05, 0.1) is 6.10 Å². The number of aliphatic hydroxyl groups is 1. The van der Waals surface area contributed by atoms with Gasteiger partial charge in [-0.05, 0) is 47.3 Å². The molecule has 1 saturated carbocycles. The van der Waals surface area contributed by atoms with Crippen LogP contribution in [-0.4, -0.2) is 16.2 Å². The average Bonchev–Trinajstić information content (AvgIpc) is 2.90. The Hall–Kier alpha value is -0.120. The number of hydrogen-bond donors (Lipinski definition) is 1. The lowest BCUT2D eigenvalue weighted by molar-refractivity contribution is 0.150. The van der Waals surface area contributed by atoms with E-state index >= 15 is 0 Å². The monoisotopic (exact) mass is 275 g/mol. The minimum Gasteiger partial charge on any atom is -0.392 e. The van der Waals surface area contributed by atoms with Crippen LogP contribution in [-0.2, 0) is 5.41 Å². The molecule has 2 nitrogen and oxygen atoms in total. The topological polar surface area (TPSA) is 33.1 Å². The Bertz CT molecular complexity index is 363. The maximum absolute atomic E-state index is 9.71. The van der Waals surface area contributed by atoms with Crippen LogP contribution in [0.2, 0.25) is 5.15 Å². The predicted octanol–water partition coefficient (Wildman–Crippen LogP) is 2.91. The van der Waals surface area contributed by atoms with E-state index in [1.165, 1.54) is 0 Å². The molecule has 4 heteroatoms. The molecule has 0 bridgehead atoms. The second-order valence-electron chi connectivity index (χ2n) is 3.82. The molecule has 0 aromatic carbocycles. The van der Waals surface area contributed by atoms with Crippen molar-refractivity contribution in [3.05, 3.63) is 27.5 Å². The first-order valence-electron chi connectivity index (χ1n) is 4.56. The first-order chi connectivity index (χ1) is 6.56. The molecule has 1 atom stereocenters. The molecule has 1 unspecified atom stereocenters. The zero-order valence-corrected chi connectivity index (χ0v) is 10.1. The third-order valence-electron chi connectivity index (χ3n) is 2.93. The Morgan fingerprint density at radius 3 is 2.79 bits per heavy atom. The van der Waals surface area contributed by atoms with Crippen molar-refractivity contribution in [2.75, 3.05) is 0 Å². The van der Waals surface area contributed by atoms with Crippen LogP contribution in [0.5, 0.6) is 0 Å². The number of hydrogen-bond acceptors (Lipinski definition) is 2. The quantitative estimate of drug-likeness (QED) is 0.843. The van der Waals surface area contributed by atoms with Gasteiger partial charge in [-0.3, -0.25) is 0 Å². The summed E-state index contributed by atoms with van der Waals surface area (Å²) in [5.74, 6) is 0. The van der Waals surface area contributed by atoms with Gasteiger partial charge in [0.2, 0.25) is 0 Å². The summed E-state index contributed by atoms with van der Waals surface area (Å²) in [6.45, 7) is 1.81. The van der Waals surface area contributed by atoms with Crippen molar-refractivity contribution in [2.24, 2.45) is 0 Å². The van der Waals surface area contributed by atoms with E-state index in [2.05, 4.69) is 20.9 Å². The van der Waals surface area contributed by atoms with Crippen LogP contribution in [0, 0.1) is 0 Å². The Labute approximate surface area is 96.4 Å². The fourth-order valence-electron chi connectivity index (χ4n) is 1.82. The van der Waals surface area contributed by atoms with Gasteiger partial charge >= 0.3 is 0 Å². The van der Waals surface area contributed by atoms with E-state index in [1.807, 2.05) is 13.0 Å². The number of nitrogens with zero attached hydrogens (tertiary/aromatic N) is 1. The van der Waals surface area contributed by atoms with E-state index < -0.39 is 0 Å². The van der Waals surface area contributed by atoms with Crippen LogP contribution in [0.4, 0.5) is 0 Å². The second-order valence-corrected chi connectivity index (χ2v) is 5.10. The maximum atomic E-state index is 9.71. The van der Waals surface area contributed by atoms with Gasteiger partial charge in [0.15, 0.2) is 0 Å². The summed E-state index contributed by atoms with van der Waals surface area (Å²) in [7, 11) is 0. The Kier molecular flexibility index (Phi) is 2.58. The van der Waals surface area contributed by atoms with E-state index in [9.17, 15) is 5.11 Å². The Morgan fingerprint density at radius 2 is 2.29 bits per heavy atom. The molecular weight excluding hydrogens is 265 g/mol. The van der Waals surface area contributed by atoms with Crippen LogP contribution >= 0.6 is 27.5 Å². The zero-order valence-electron chi connectivity index (χ0n) is 7.80. The van der Waals surface area contributed by atoms with Gasteiger partial charge in [0.25, 0.3) is 0 Å². The second kappa shape index (κ2) is 3.47.